The minimum Gasteiger partial charge on any atom is -0.497 e. The van der Waals surface area contributed by atoms with Gasteiger partial charge in [0.15, 0.2) is 0 Å². The molecule has 0 saturated heterocycles. The zero-order valence-corrected chi connectivity index (χ0v) is 16.0. The monoisotopic (exact) mass is 392 g/mol. The van der Waals surface area contributed by atoms with Gasteiger partial charge in [-0.3, -0.25) is 9.59 Å². The third kappa shape index (κ3) is 3.52. The van der Waals surface area contributed by atoms with E-state index in [-0.39, 0.29) is 18.2 Å². The Morgan fingerprint density at radius 1 is 1.14 bits per heavy atom. The quantitative estimate of drug-likeness (QED) is 0.696. The lowest BCUT2D eigenvalue weighted by Gasteiger charge is -2.25. The van der Waals surface area contributed by atoms with Crippen molar-refractivity contribution in [2.45, 2.75) is 12.5 Å². The standard InChI is InChI=1S/C21H20N4O4/c1-28-14-9-7-13(8-10-14)15-12-22-25-17(11-19(26)24-20(15)25)21(27)23-16-5-3-4-6-18(16)29-2/h3-10,12,17H,11H2,1-2H3,(H,23,27)(H,24,26)/t17-/m1/s1. The fourth-order valence-corrected chi connectivity index (χ4v) is 3.32. The average Bonchev–Trinajstić information content (AvgIpc) is 3.17. The highest BCUT2D eigenvalue weighted by molar-refractivity contribution is 6.03. The predicted molar refractivity (Wildman–Crippen MR) is 108 cm³/mol. The van der Waals surface area contributed by atoms with Gasteiger partial charge in [-0.2, -0.15) is 5.10 Å². The van der Waals surface area contributed by atoms with Gasteiger partial charge in [-0.05, 0) is 29.8 Å². The van der Waals surface area contributed by atoms with E-state index in [1.54, 1.807) is 36.2 Å². The number of nitrogens with zero attached hydrogens (tertiary/aromatic N) is 2. The molecule has 0 radical (unpaired) electrons. The first-order chi connectivity index (χ1) is 14.1. The minimum absolute atomic E-state index is 0.00227. The number of hydrogen-bond acceptors (Lipinski definition) is 5. The molecule has 2 aromatic carbocycles. The van der Waals surface area contributed by atoms with Gasteiger partial charge < -0.3 is 20.1 Å². The second kappa shape index (κ2) is 7.67. The van der Waals surface area contributed by atoms with Crippen LogP contribution in [0.2, 0.25) is 0 Å². The summed E-state index contributed by atoms with van der Waals surface area (Å²) in [5.74, 6) is 1.18. The molecular formula is C21H20N4O4. The lowest BCUT2D eigenvalue weighted by Crippen LogP contribution is -2.35. The molecule has 148 valence electrons. The SMILES string of the molecule is COc1ccc(-c2cnn3c2NC(=O)C[C@@H]3C(=O)Nc2ccccc2OC)cc1. The van der Waals surface area contributed by atoms with E-state index >= 15 is 0 Å². The largest absolute Gasteiger partial charge is 0.497 e. The highest BCUT2D eigenvalue weighted by atomic mass is 16.5. The maximum absolute atomic E-state index is 12.9. The Bertz CT molecular complexity index is 1060. The molecule has 3 aromatic rings. The molecule has 2 N–H and O–H groups in total. The van der Waals surface area contributed by atoms with E-state index in [2.05, 4.69) is 15.7 Å². The summed E-state index contributed by atoms with van der Waals surface area (Å²) in [6, 6.07) is 13.8. The van der Waals surface area contributed by atoms with Crippen molar-refractivity contribution < 1.29 is 19.1 Å². The highest BCUT2D eigenvalue weighted by Gasteiger charge is 2.33. The summed E-state index contributed by atoms with van der Waals surface area (Å²) in [6.07, 6.45) is 1.64. The van der Waals surface area contributed by atoms with Crippen LogP contribution in [0.25, 0.3) is 11.1 Å². The topological polar surface area (TPSA) is 94.5 Å². The fraction of sp³-hybridized carbons (Fsp3) is 0.190. The zero-order valence-electron chi connectivity index (χ0n) is 16.0. The van der Waals surface area contributed by atoms with Crippen LogP contribution >= 0.6 is 0 Å². The summed E-state index contributed by atoms with van der Waals surface area (Å²) in [5.41, 5.74) is 2.13. The molecule has 1 atom stereocenters. The molecule has 0 bridgehead atoms. The van der Waals surface area contributed by atoms with Crippen molar-refractivity contribution in [1.29, 1.82) is 0 Å². The molecular weight excluding hydrogens is 372 g/mol. The van der Waals surface area contributed by atoms with E-state index in [9.17, 15) is 9.59 Å². The van der Waals surface area contributed by atoms with Crippen LogP contribution in [0.15, 0.2) is 54.7 Å². The van der Waals surface area contributed by atoms with Crippen molar-refractivity contribution in [3.8, 4) is 22.6 Å². The van der Waals surface area contributed by atoms with Crippen LogP contribution in [0.1, 0.15) is 12.5 Å². The van der Waals surface area contributed by atoms with Gasteiger partial charge in [-0.15, -0.1) is 0 Å². The lowest BCUT2D eigenvalue weighted by molar-refractivity contribution is -0.125. The first-order valence-electron chi connectivity index (χ1n) is 9.06. The van der Waals surface area contributed by atoms with Crippen LogP contribution in [0.3, 0.4) is 0 Å². The number of hydrogen-bond donors (Lipinski definition) is 2. The van der Waals surface area contributed by atoms with E-state index < -0.39 is 6.04 Å². The number of benzene rings is 2. The van der Waals surface area contributed by atoms with Crippen LogP contribution in [0.4, 0.5) is 11.5 Å². The van der Waals surface area contributed by atoms with Crippen molar-refractivity contribution >= 4 is 23.3 Å². The van der Waals surface area contributed by atoms with Gasteiger partial charge in [-0.25, -0.2) is 4.68 Å². The summed E-state index contributed by atoms with van der Waals surface area (Å²) in [7, 11) is 3.13. The molecule has 8 heteroatoms. The van der Waals surface area contributed by atoms with Gasteiger partial charge in [0.2, 0.25) is 11.8 Å². The summed E-state index contributed by atoms with van der Waals surface area (Å²) in [6.45, 7) is 0. The average molecular weight is 392 g/mol. The molecule has 1 aliphatic heterocycles. The maximum Gasteiger partial charge on any atom is 0.249 e. The summed E-state index contributed by atoms with van der Waals surface area (Å²) >= 11 is 0. The molecule has 0 saturated carbocycles. The molecule has 0 aliphatic carbocycles. The van der Waals surface area contributed by atoms with E-state index in [1.807, 2.05) is 30.3 Å². The van der Waals surface area contributed by atoms with Crippen LogP contribution in [0, 0.1) is 0 Å². The Balaban J connectivity index is 1.65. The highest BCUT2D eigenvalue weighted by Crippen LogP contribution is 2.35. The predicted octanol–water partition coefficient (Wildman–Crippen LogP) is 3.09. The van der Waals surface area contributed by atoms with Crippen molar-refractivity contribution in [2.75, 3.05) is 24.9 Å². The molecule has 1 aromatic heterocycles. The lowest BCUT2D eigenvalue weighted by atomic mass is 10.1. The number of ether oxygens (including phenoxy) is 2. The Hall–Kier alpha value is -3.81. The fourth-order valence-electron chi connectivity index (χ4n) is 3.32. The van der Waals surface area contributed by atoms with Crippen LogP contribution in [-0.2, 0) is 9.59 Å². The van der Waals surface area contributed by atoms with Gasteiger partial charge in [0.1, 0.15) is 23.4 Å². The Morgan fingerprint density at radius 2 is 1.90 bits per heavy atom. The number of nitrogens with one attached hydrogen (secondary N) is 2. The number of anilines is 2. The third-order valence-electron chi connectivity index (χ3n) is 4.80. The van der Waals surface area contributed by atoms with Gasteiger partial charge in [-0.1, -0.05) is 24.3 Å². The zero-order chi connectivity index (χ0) is 20.4. The number of rotatable bonds is 5. The van der Waals surface area contributed by atoms with Crippen molar-refractivity contribution in [3.63, 3.8) is 0 Å². The van der Waals surface area contributed by atoms with E-state index in [0.29, 0.717) is 17.3 Å². The number of para-hydroxylation sites is 2. The summed E-state index contributed by atoms with van der Waals surface area (Å²) in [5, 5.41) is 10.0. The van der Waals surface area contributed by atoms with E-state index in [0.717, 1.165) is 16.9 Å². The number of carbonyl (C=O) groups is 2. The minimum atomic E-state index is -0.768. The molecule has 29 heavy (non-hydrogen) atoms. The van der Waals surface area contributed by atoms with Crippen LogP contribution < -0.4 is 20.1 Å². The normalized spacial score (nSPS) is 15.2. The molecule has 0 spiro atoms. The van der Waals surface area contributed by atoms with E-state index in [1.165, 1.54) is 7.11 Å². The number of methoxy groups -OCH3 is 2. The number of carbonyl (C=O) groups excluding carboxylic acids is 2. The van der Waals surface area contributed by atoms with Crippen LogP contribution in [-0.4, -0.2) is 35.8 Å². The first-order valence-corrected chi connectivity index (χ1v) is 9.06. The molecule has 2 heterocycles. The van der Waals surface area contributed by atoms with Gasteiger partial charge >= 0.3 is 0 Å². The van der Waals surface area contributed by atoms with Gasteiger partial charge in [0, 0.05) is 5.56 Å². The number of fused-ring (bicyclic) bond motifs is 1. The Labute approximate surface area is 167 Å². The first kappa shape index (κ1) is 18.5. The molecule has 4 rings (SSSR count). The molecule has 0 unspecified atom stereocenters. The Morgan fingerprint density at radius 3 is 2.62 bits per heavy atom. The smallest absolute Gasteiger partial charge is 0.249 e. The van der Waals surface area contributed by atoms with Crippen molar-refractivity contribution in [3.05, 3.63) is 54.7 Å². The second-order valence-electron chi connectivity index (χ2n) is 6.54. The molecule has 0 fully saturated rings. The molecule has 8 nitrogen and oxygen atoms in total. The third-order valence-corrected chi connectivity index (χ3v) is 4.80. The maximum atomic E-state index is 12.9. The van der Waals surface area contributed by atoms with Crippen molar-refractivity contribution in [1.82, 2.24) is 9.78 Å². The summed E-state index contributed by atoms with van der Waals surface area (Å²) < 4.78 is 12.0. The van der Waals surface area contributed by atoms with Gasteiger partial charge in [0.25, 0.3) is 0 Å². The van der Waals surface area contributed by atoms with Gasteiger partial charge in [0.05, 0.1) is 32.5 Å². The molecule has 2 amide bonds. The van der Waals surface area contributed by atoms with Crippen molar-refractivity contribution in [2.24, 2.45) is 0 Å². The molecule has 1 aliphatic rings. The number of aromatic nitrogens is 2. The Kier molecular flexibility index (Phi) is 4.90. The van der Waals surface area contributed by atoms with E-state index in [4.69, 9.17) is 9.47 Å². The van der Waals surface area contributed by atoms with Crippen LogP contribution in [0.5, 0.6) is 11.5 Å². The summed E-state index contributed by atoms with van der Waals surface area (Å²) in [4.78, 5) is 25.3. The number of amides is 2. The second-order valence-corrected chi connectivity index (χ2v) is 6.54.